The normalized spacial score (nSPS) is 21.6. The fourth-order valence-corrected chi connectivity index (χ4v) is 3.78. The summed E-state index contributed by atoms with van der Waals surface area (Å²) in [5.74, 6) is 1.16. The Balaban J connectivity index is 1.78. The Morgan fingerprint density at radius 1 is 1.23 bits per heavy atom. The maximum atomic E-state index is 6.01. The molecular formula is C17H21ClN4. The molecule has 0 aliphatic carbocycles. The van der Waals surface area contributed by atoms with E-state index in [2.05, 4.69) is 21.9 Å². The number of hydrogen-bond acceptors (Lipinski definition) is 3. The van der Waals surface area contributed by atoms with E-state index in [1.165, 1.54) is 37.1 Å². The van der Waals surface area contributed by atoms with Crippen LogP contribution in [0.2, 0.25) is 5.02 Å². The molecule has 4 rings (SSSR count). The predicted molar refractivity (Wildman–Crippen MR) is 90.0 cm³/mol. The molecule has 1 aromatic carbocycles. The molecule has 0 spiro atoms. The van der Waals surface area contributed by atoms with Gasteiger partial charge in [-0.2, -0.15) is 5.10 Å². The third-order valence-corrected chi connectivity index (χ3v) is 5.09. The summed E-state index contributed by atoms with van der Waals surface area (Å²) < 4.78 is 2.05. The monoisotopic (exact) mass is 316 g/mol. The predicted octanol–water partition coefficient (Wildman–Crippen LogP) is 3.65. The lowest BCUT2D eigenvalue weighted by atomic mass is 9.97. The maximum Gasteiger partial charge on any atom is 0.133 e. The van der Waals surface area contributed by atoms with E-state index >= 15 is 0 Å². The highest BCUT2D eigenvalue weighted by molar-refractivity contribution is 6.30. The zero-order valence-electron chi connectivity index (χ0n) is 12.8. The number of nitrogens with one attached hydrogen (secondary N) is 1. The van der Waals surface area contributed by atoms with Crippen LogP contribution in [0.1, 0.15) is 36.6 Å². The number of aromatic nitrogens is 2. The van der Waals surface area contributed by atoms with E-state index in [0.29, 0.717) is 6.04 Å². The van der Waals surface area contributed by atoms with Gasteiger partial charge in [0.2, 0.25) is 0 Å². The Kier molecular flexibility index (Phi) is 3.59. The molecule has 5 heteroatoms. The molecule has 1 atom stereocenters. The lowest BCUT2D eigenvalue weighted by molar-refractivity contribution is 0.182. The second-order valence-corrected chi connectivity index (χ2v) is 6.71. The number of fused-ring (bicyclic) bond motifs is 1. The molecule has 1 unspecified atom stereocenters. The summed E-state index contributed by atoms with van der Waals surface area (Å²) in [5, 5.41) is 9.24. The summed E-state index contributed by atoms with van der Waals surface area (Å²) in [7, 11) is 2.22. The zero-order chi connectivity index (χ0) is 15.1. The Bertz CT molecular complexity index is 677. The van der Waals surface area contributed by atoms with Crippen molar-refractivity contribution < 1.29 is 0 Å². The van der Waals surface area contributed by atoms with E-state index in [-0.39, 0.29) is 0 Å². The van der Waals surface area contributed by atoms with Gasteiger partial charge >= 0.3 is 0 Å². The molecular weight excluding hydrogens is 296 g/mol. The molecule has 0 amide bonds. The van der Waals surface area contributed by atoms with Crippen LogP contribution in [-0.4, -0.2) is 34.8 Å². The van der Waals surface area contributed by atoms with Crippen molar-refractivity contribution in [3.63, 3.8) is 0 Å². The molecule has 3 heterocycles. The molecule has 1 aromatic heterocycles. The molecule has 22 heavy (non-hydrogen) atoms. The Labute approximate surface area is 136 Å². The average Bonchev–Trinajstić information content (AvgIpc) is 3.11. The summed E-state index contributed by atoms with van der Waals surface area (Å²) in [6.45, 7) is 2.17. The van der Waals surface area contributed by atoms with Gasteiger partial charge in [-0.25, -0.2) is 4.68 Å². The van der Waals surface area contributed by atoms with Crippen LogP contribution >= 0.6 is 11.6 Å². The van der Waals surface area contributed by atoms with Gasteiger partial charge in [0, 0.05) is 17.1 Å². The van der Waals surface area contributed by atoms with Gasteiger partial charge in [0.25, 0.3) is 0 Å². The molecule has 4 nitrogen and oxygen atoms in total. The minimum absolute atomic E-state index is 0.455. The second-order valence-electron chi connectivity index (χ2n) is 6.27. The van der Waals surface area contributed by atoms with E-state index < -0.39 is 0 Å². The lowest BCUT2D eigenvalue weighted by Gasteiger charge is -2.31. The molecule has 0 radical (unpaired) electrons. The van der Waals surface area contributed by atoms with Crippen molar-refractivity contribution in [1.29, 1.82) is 0 Å². The number of anilines is 1. The van der Waals surface area contributed by atoms with Gasteiger partial charge in [-0.05, 0) is 57.1 Å². The highest BCUT2D eigenvalue weighted by Crippen LogP contribution is 2.37. The number of likely N-dealkylation sites (tertiary alicyclic amines) is 1. The maximum absolute atomic E-state index is 6.01. The van der Waals surface area contributed by atoms with Crippen molar-refractivity contribution >= 4 is 17.4 Å². The third kappa shape index (κ3) is 2.31. The standard InChI is InChI=1S/C17H21ClN4/c1-21-11-3-2-4-15(21)16-14-9-10-19-17(14)22(20-16)13-7-5-12(18)6-8-13/h5-8,15,19H,2-4,9-11H2,1H3. The smallest absolute Gasteiger partial charge is 0.133 e. The van der Waals surface area contributed by atoms with Crippen LogP contribution in [0.25, 0.3) is 5.69 Å². The summed E-state index contributed by atoms with van der Waals surface area (Å²) in [6, 6.07) is 8.36. The average molecular weight is 317 g/mol. The van der Waals surface area contributed by atoms with Crippen LogP contribution in [0.5, 0.6) is 0 Å². The topological polar surface area (TPSA) is 33.1 Å². The van der Waals surface area contributed by atoms with E-state index in [1.54, 1.807) is 0 Å². The first-order chi connectivity index (χ1) is 10.7. The van der Waals surface area contributed by atoms with Crippen molar-refractivity contribution in [3.8, 4) is 5.69 Å². The molecule has 1 fully saturated rings. The minimum atomic E-state index is 0.455. The molecule has 2 aromatic rings. The van der Waals surface area contributed by atoms with Crippen LogP contribution in [0.4, 0.5) is 5.82 Å². The zero-order valence-corrected chi connectivity index (χ0v) is 13.6. The molecule has 0 saturated carbocycles. The van der Waals surface area contributed by atoms with Gasteiger partial charge in [0.1, 0.15) is 5.82 Å². The van der Waals surface area contributed by atoms with Crippen LogP contribution < -0.4 is 5.32 Å². The molecule has 1 N–H and O–H groups in total. The Morgan fingerprint density at radius 2 is 2.05 bits per heavy atom. The van der Waals surface area contributed by atoms with Crippen LogP contribution in [-0.2, 0) is 6.42 Å². The van der Waals surface area contributed by atoms with Crippen molar-refractivity contribution in [2.75, 3.05) is 25.5 Å². The fourth-order valence-electron chi connectivity index (χ4n) is 3.66. The third-order valence-electron chi connectivity index (χ3n) is 4.84. The first kappa shape index (κ1) is 14.1. The number of piperidine rings is 1. The van der Waals surface area contributed by atoms with Gasteiger partial charge in [-0.15, -0.1) is 0 Å². The number of halogens is 1. The highest BCUT2D eigenvalue weighted by atomic mass is 35.5. The SMILES string of the molecule is CN1CCCCC1c1nn(-c2ccc(Cl)cc2)c2c1CCN2. The van der Waals surface area contributed by atoms with Gasteiger partial charge in [0.05, 0.1) is 17.4 Å². The summed E-state index contributed by atoms with van der Waals surface area (Å²) in [6.07, 6.45) is 4.87. The quantitative estimate of drug-likeness (QED) is 0.918. The van der Waals surface area contributed by atoms with Crippen LogP contribution in [0.3, 0.4) is 0 Å². The molecule has 2 aliphatic heterocycles. The Hall–Kier alpha value is -1.52. The van der Waals surface area contributed by atoms with Gasteiger partial charge in [-0.1, -0.05) is 18.0 Å². The second kappa shape index (κ2) is 5.60. The van der Waals surface area contributed by atoms with Gasteiger partial charge < -0.3 is 5.32 Å². The molecule has 116 valence electrons. The number of rotatable bonds is 2. The number of nitrogens with zero attached hydrogens (tertiary/aromatic N) is 3. The van der Waals surface area contributed by atoms with E-state index in [4.69, 9.17) is 16.7 Å². The minimum Gasteiger partial charge on any atom is -0.369 e. The summed E-state index contributed by atoms with van der Waals surface area (Å²) in [4.78, 5) is 2.45. The fraction of sp³-hybridized carbons (Fsp3) is 0.471. The van der Waals surface area contributed by atoms with Gasteiger partial charge in [-0.3, -0.25) is 4.90 Å². The van der Waals surface area contributed by atoms with Crippen LogP contribution in [0.15, 0.2) is 24.3 Å². The summed E-state index contributed by atoms with van der Waals surface area (Å²) >= 11 is 6.01. The van der Waals surface area contributed by atoms with E-state index in [9.17, 15) is 0 Å². The molecule has 0 bridgehead atoms. The number of benzene rings is 1. The lowest BCUT2D eigenvalue weighted by Crippen LogP contribution is -2.30. The molecule has 2 aliphatic rings. The first-order valence-corrected chi connectivity index (χ1v) is 8.43. The first-order valence-electron chi connectivity index (χ1n) is 8.06. The molecule has 1 saturated heterocycles. The number of hydrogen-bond donors (Lipinski definition) is 1. The van der Waals surface area contributed by atoms with Crippen molar-refractivity contribution in [2.24, 2.45) is 0 Å². The highest BCUT2D eigenvalue weighted by Gasteiger charge is 2.31. The largest absolute Gasteiger partial charge is 0.369 e. The van der Waals surface area contributed by atoms with Crippen molar-refractivity contribution in [2.45, 2.75) is 31.7 Å². The van der Waals surface area contributed by atoms with Crippen molar-refractivity contribution in [3.05, 3.63) is 40.5 Å². The van der Waals surface area contributed by atoms with Crippen LogP contribution in [0, 0.1) is 0 Å². The van der Waals surface area contributed by atoms with Crippen molar-refractivity contribution in [1.82, 2.24) is 14.7 Å². The van der Waals surface area contributed by atoms with E-state index in [0.717, 1.165) is 29.5 Å². The Morgan fingerprint density at radius 3 is 2.82 bits per heavy atom. The van der Waals surface area contributed by atoms with E-state index in [1.807, 2.05) is 24.3 Å². The van der Waals surface area contributed by atoms with Gasteiger partial charge in [0.15, 0.2) is 0 Å². The summed E-state index contributed by atoms with van der Waals surface area (Å²) in [5.41, 5.74) is 3.73.